The van der Waals surface area contributed by atoms with E-state index in [9.17, 15) is 29.6 Å². The summed E-state index contributed by atoms with van der Waals surface area (Å²) < 4.78 is 4.78. The van der Waals surface area contributed by atoms with Crippen LogP contribution in [0.2, 0.25) is 0 Å². The lowest BCUT2D eigenvalue weighted by molar-refractivity contribution is -0.384. The molecule has 0 saturated carbocycles. The molecule has 0 bridgehead atoms. The van der Waals surface area contributed by atoms with E-state index in [4.69, 9.17) is 4.74 Å². The van der Waals surface area contributed by atoms with Crippen LogP contribution in [-0.4, -0.2) is 48.9 Å². The fraction of sp³-hybridized carbons (Fsp3) is 0.148. The number of non-ortho nitro benzene ring substituents is 1. The number of rotatable bonds is 6. The van der Waals surface area contributed by atoms with Crippen LogP contribution < -0.4 is 9.80 Å². The monoisotopic (exact) mass is 501 g/mol. The standard InChI is InChI=1S/C27H23N3O7/c1-28(2)19-12-10-16(11-13-19)23-22(24(31)17-6-4-9-21(14-17)30(35)36)25(32)26(33)29(23)20-8-5-7-18(15-20)27(34)37-3/h4-15,23,31H,1-3H3/b24-22-. The van der Waals surface area contributed by atoms with Crippen LogP contribution >= 0.6 is 0 Å². The predicted molar refractivity (Wildman–Crippen MR) is 136 cm³/mol. The zero-order valence-electron chi connectivity index (χ0n) is 20.2. The Kier molecular flexibility index (Phi) is 6.75. The van der Waals surface area contributed by atoms with E-state index >= 15 is 0 Å². The zero-order chi connectivity index (χ0) is 26.9. The van der Waals surface area contributed by atoms with E-state index in [2.05, 4.69) is 0 Å². The van der Waals surface area contributed by atoms with Crippen LogP contribution in [0, 0.1) is 10.1 Å². The molecule has 1 unspecified atom stereocenters. The Balaban J connectivity index is 1.94. The SMILES string of the molecule is COC(=O)c1cccc(N2C(=O)C(=O)/C(=C(\O)c3cccc([N+](=O)[O-])c3)C2c2ccc(N(C)C)cc2)c1. The molecule has 188 valence electrons. The molecule has 10 heteroatoms. The second-order valence-corrected chi connectivity index (χ2v) is 8.50. The van der Waals surface area contributed by atoms with Gasteiger partial charge in [-0.25, -0.2) is 4.79 Å². The molecule has 37 heavy (non-hydrogen) atoms. The molecule has 0 radical (unpaired) electrons. The fourth-order valence-electron chi connectivity index (χ4n) is 4.19. The number of amides is 1. The number of nitro groups is 1. The Labute approximate surface area is 212 Å². The lowest BCUT2D eigenvalue weighted by atomic mass is 9.94. The summed E-state index contributed by atoms with van der Waals surface area (Å²) in [6, 6.07) is 17.2. The maximum absolute atomic E-state index is 13.3. The van der Waals surface area contributed by atoms with Crippen LogP contribution in [0.3, 0.4) is 0 Å². The first-order valence-electron chi connectivity index (χ1n) is 11.2. The van der Waals surface area contributed by atoms with Crippen LogP contribution in [-0.2, 0) is 14.3 Å². The van der Waals surface area contributed by atoms with E-state index in [1.807, 2.05) is 19.0 Å². The summed E-state index contributed by atoms with van der Waals surface area (Å²) in [5.41, 5.74) is 1.30. The second-order valence-electron chi connectivity index (χ2n) is 8.50. The van der Waals surface area contributed by atoms with Crippen LogP contribution in [0.25, 0.3) is 5.76 Å². The van der Waals surface area contributed by atoms with Gasteiger partial charge in [-0.15, -0.1) is 0 Å². The van der Waals surface area contributed by atoms with Crippen LogP contribution in [0.1, 0.15) is 27.5 Å². The lowest BCUT2D eigenvalue weighted by Gasteiger charge is -2.26. The molecular weight excluding hydrogens is 478 g/mol. The van der Waals surface area contributed by atoms with E-state index in [1.165, 1.54) is 42.3 Å². The number of Topliss-reactive ketones (excluding diaryl/α,β-unsaturated/α-hetero) is 1. The van der Waals surface area contributed by atoms with Crippen molar-refractivity contribution in [3.63, 3.8) is 0 Å². The number of hydrogen-bond acceptors (Lipinski definition) is 8. The Morgan fingerprint density at radius 2 is 1.65 bits per heavy atom. The van der Waals surface area contributed by atoms with E-state index in [0.29, 0.717) is 5.56 Å². The third-order valence-corrected chi connectivity index (χ3v) is 6.05. The van der Waals surface area contributed by atoms with Gasteiger partial charge in [-0.2, -0.15) is 0 Å². The van der Waals surface area contributed by atoms with Crippen molar-refractivity contribution in [2.24, 2.45) is 0 Å². The summed E-state index contributed by atoms with van der Waals surface area (Å²) in [7, 11) is 4.95. The minimum Gasteiger partial charge on any atom is -0.507 e. The average molecular weight is 501 g/mol. The van der Waals surface area contributed by atoms with E-state index in [1.54, 1.807) is 36.4 Å². The lowest BCUT2D eigenvalue weighted by Crippen LogP contribution is -2.29. The van der Waals surface area contributed by atoms with Crippen LogP contribution in [0.5, 0.6) is 0 Å². The molecule has 1 aliphatic heterocycles. The van der Waals surface area contributed by atoms with Crippen molar-refractivity contribution in [1.29, 1.82) is 0 Å². The maximum atomic E-state index is 13.3. The number of esters is 1. The minimum absolute atomic E-state index is 0.0189. The first-order valence-corrected chi connectivity index (χ1v) is 11.2. The highest BCUT2D eigenvalue weighted by molar-refractivity contribution is 6.51. The number of anilines is 2. The number of aliphatic hydroxyl groups excluding tert-OH is 1. The molecule has 0 spiro atoms. The molecule has 1 aliphatic rings. The first-order chi connectivity index (χ1) is 17.6. The van der Waals surface area contributed by atoms with Gasteiger partial charge in [-0.05, 0) is 35.9 Å². The molecule has 10 nitrogen and oxygen atoms in total. The van der Waals surface area contributed by atoms with Gasteiger partial charge < -0.3 is 14.7 Å². The summed E-state index contributed by atoms with van der Waals surface area (Å²) in [5, 5.41) is 22.5. The highest BCUT2D eigenvalue weighted by atomic mass is 16.6. The number of nitro benzene ring substituents is 1. The van der Waals surface area contributed by atoms with E-state index in [-0.39, 0.29) is 28.1 Å². The Hall–Kier alpha value is -4.99. The molecule has 1 saturated heterocycles. The van der Waals surface area contributed by atoms with Gasteiger partial charge in [0.25, 0.3) is 17.4 Å². The predicted octanol–water partition coefficient (Wildman–Crippen LogP) is 4.07. The topological polar surface area (TPSA) is 130 Å². The highest BCUT2D eigenvalue weighted by Crippen LogP contribution is 2.43. The fourth-order valence-corrected chi connectivity index (χ4v) is 4.19. The first kappa shape index (κ1) is 25.1. The van der Waals surface area contributed by atoms with Crippen molar-refractivity contribution in [3.05, 3.63) is 105 Å². The molecule has 0 aliphatic carbocycles. The molecule has 4 rings (SSSR count). The maximum Gasteiger partial charge on any atom is 0.337 e. The molecule has 1 amide bonds. The van der Waals surface area contributed by atoms with Gasteiger partial charge in [-0.1, -0.05) is 30.3 Å². The zero-order valence-corrected chi connectivity index (χ0v) is 20.2. The highest BCUT2D eigenvalue weighted by Gasteiger charge is 2.47. The van der Waals surface area contributed by atoms with Gasteiger partial charge in [0.2, 0.25) is 0 Å². The smallest absolute Gasteiger partial charge is 0.337 e. The number of aliphatic hydroxyl groups is 1. The molecular formula is C27H23N3O7. The number of nitrogens with zero attached hydrogens (tertiary/aromatic N) is 3. The summed E-state index contributed by atoms with van der Waals surface area (Å²) >= 11 is 0. The van der Waals surface area contributed by atoms with Gasteiger partial charge in [0.1, 0.15) is 5.76 Å². The van der Waals surface area contributed by atoms with Gasteiger partial charge in [0, 0.05) is 43.2 Å². The molecule has 1 atom stereocenters. The van der Waals surface area contributed by atoms with Gasteiger partial charge >= 0.3 is 5.97 Å². The Bertz CT molecular complexity index is 1440. The van der Waals surface area contributed by atoms with Crippen molar-refractivity contribution in [3.8, 4) is 0 Å². The number of carbonyl (C=O) groups excluding carboxylic acids is 3. The average Bonchev–Trinajstić information content (AvgIpc) is 3.18. The van der Waals surface area contributed by atoms with Crippen LogP contribution in [0.4, 0.5) is 17.1 Å². The van der Waals surface area contributed by atoms with Crippen molar-refractivity contribution in [2.45, 2.75) is 6.04 Å². The normalized spacial score (nSPS) is 16.5. The molecule has 1 N–H and O–H groups in total. The van der Waals surface area contributed by atoms with Gasteiger partial charge in [0.05, 0.1) is 29.2 Å². The summed E-state index contributed by atoms with van der Waals surface area (Å²) in [4.78, 5) is 52.5. The third kappa shape index (κ3) is 4.64. The van der Waals surface area contributed by atoms with Crippen molar-refractivity contribution < 1.29 is 29.2 Å². The molecule has 1 fully saturated rings. The van der Waals surface area contributed by atoms with Gasteiger partial charge in [0.15, 0.2) is 0 Å². The molecule has 0 aromatic heterocycles. The molecule has 1 heterocycles. The second kappa shape index (κ2) is 9.94. The van der Waals surface area contributed by atoms with E-state index < -0.39 is 34.4 Å². The number of benzene rings is 3. The van der Waals surface area contributed by atoms with Gasteiger partial charge in [-0.3, -0.25) is 24.6 Å². The number of hydrogen-bond donors (Lipinski definition) is 1. The molecule has 3 aromatic rings. The largest absolute Gasteiger partial charge is 0.507 e. The minimum atomic E-state index is -1.07. The number of ketones is 1. The number of methoxy groups -OCH3 is 1. The van der Waals surface area contributed by atoms with Crippen LogP contribution in [0.15, 0.2) is 78.4 Å². The summed E-state index contributed by atoms with van der Waals surface area (Å²) in [5.74, 6) is -3.05. The van der Waals surface area contributed by atoms with Crippen molar-refractivity contribution in [1.82, 2.24) is 0 Å². The third-order valence-electron chi connectivity index (χ3n) is 6.05. The van der Waals surface area contributed by atoms with Crippen molar-refractivity contribution in [2.75, 3.05) is 31.0 Å². The van der Waals surface area contributed by atoms with E-state index in [0.717, 1.165) is 11.8 Å². The van der Waals surface area contributed by atoms with Crippen molar-refractivity contribution >= 4 is 40.5 Å². The summed E-state index contributed by atoms with van der Waals surface area (Å²) in [6.07, 6.45) is 0. The molecule has 3 aromatic carbocycles. The number of ether oxygens (including phenoxy) is 1. The number of carbonyl (C=O) groups is 3. The Morgan fingerprint density at radius 1 is 1.00 bits per heavy atom. The summed E-state index contributed by atoms with van der Waals surface area (Å²) in [6.45, 7) is 0. The quantitative estimate of drug-likeness (QED) is 0.134. The Morgan fingerprint density at radius 3 is 2.27 bits per heavy atom.